The number of carbonyl (C=O) groups is 1. The number of benzene rings is 1. The summed E-state index contributed by atoms with van der Waals surface area (Å²) in [6.07, 6.45) is 2.91. The molecule has 1 atom stereocenters. The molecule has 1 aromatic carbocycles. The molecule has 2 aromatic rings. The van der Waals surface area contributed by atoms with Crippen LogP contribution in [0.5, 0.6) is 0 Å². The second kappa shape index (κ2) is 5.97. The van der Waals surface area contributed by atoms with E-state index in [1.807, 2.05) is 25.1 Å². The highest BCUT2D eigenvalue weighted by Crippen LogP contribution is 2.27. The Morgan fingerprint density at radius 1 is 1.27 bits per heavy atom. The van der Waals surface area contributed by atoms with Crippen LogP contribution in [0.25, 0.3) is 0 Å². The number of anilines is 1. The number of pyridine rings is 1. The Labute approximate surface area is 128 Å². The van der Waals surface area contributed by atoms with Crippen molar-refractivity contribution in [2.75, 3.05) is 5.01 Å². The fraction of sp³-hybridized carbons (Fsp3) is 0.176. The summed E-state index contributed by atoms with van der Waals surface area (Å²) in [6, 6.07) is 11.6. The van der Waals surface area contributed by atoms with Gasteiger partial charge in [-0.05, 0) is 36.3 Å². The van der Waals surface area contributed by atoms with Gasteiger partial charge in [-0.15, -0.1) is 0 Å². The average Bonchev–Trinajstić information content (AvgIpc) is 2.86. The molecule has 1 unspecified atom stereocenters. The molecule has 0 spiro atoms. The van der Waals surface area contributed by atoms with Gasteiger partial charge in [0.15, 0.2) is 0 Å². The molecule has 0 amide bonds. The first-order valence-electron chi connectivity index (χ1n) is 7.06. The number of nitrogens with one attached hydrogen (secondary N) is 1. The molecule has 0 fully saturated rings. The molecule has 1 aliphatic heterocycles. The third-order valence-corrected chi connectivity index (χ3v) is 3.77. The first-order valence-corrected chi connectivity index (χ1v) is 7.06. The summed E-state index contributed by atoms with van der Waals surface area (Å²) in [4.78, 5) is 15.8. The first-order chi connectivity index (χ1) is 10.7. The first kappa shape index (κ1) is 14.3. The van der Waals surface area contributed by atoms with Crippen molar-refractivity contribution in [2.45, 2.75) is 19.4 Å². The highest BCUT2D eigenvalue weighted by molar-refractivity contribution is 5.72. The largest absolute Gasteiger partial charge is 0.301 e. The van der Waals surface area contributed by atoms with Gasteiger partial charge in [0.1, 0.15) is 24.0 Å². The molecule has 0 aliphatic carbocycles. The molecule has 1 aromatic heterocycles. The van der Waals surface area contributed by atoms with Gasteiger partial charge in [-0.1, -0.05) is 24.3 Å². The molecule has 2 heterocycles. The molecule has 1 aliphatic rings. The Hall–Kier alpha value is -2.69. The van der Waals surface area contributed by atoms with Gasteiger partial charge in [0.25, 0.3) is 0 Å². The van der Waals surface area contributed by atoms with E-state index in [4.69, 9.17) is 0 Å². The van der Waals surface area contributed by atoms with Crippen LogP contribution in [-0.4, -0.2) is 17.3 Å². The summed E-state index contributed by atoms with van der Waals surface area (Å²) in [7, 11) is 0. The van der Waals surface area contributed by atoms with Crippen molar-refractivity contribution in [2.24, 2.45) is 0 Å². The summed E-state index contributed by atoms with van der Waals surface area (Å²) in [5.74, 6) is 0.395. The molecule has 3 rings (SSSR count). The summed E-state index contributed by atoms with van der Waals surface area (Å²) in [5, 5.41) is 1.71. The standard InChI is InChI=1S/C17H16FN3O/c1-12-14(10-13-6-2-3-7-15(13)18)16(11-22)21(20-12)17-8-4-5-9-19-17/h2-9,11,16,20H,10H2,1H3. The topological polar surface area (TPSA) is 45.2 Å². The number of aldehydes is 1. The normalized spacial score (nSPS) is 17.5. The van der Waals surface area contributed by atoms with Crippen LogP contribution in [-0.2, 0) is 11.2 Å². The molecule has 4 nitrogen and oxygen atoms in total. The summed E-state index contributed by atoms with van der Waals surface area (Å²) in [6.45, 7) is 1.88. The number of carbonyl (C=O) groups excluding carboxylic acids is 1. The van der Waals surface area contributed by atoms with Gasteiger partial charge in [-0.25, -0.2) is 9.37 Å². The van der Waals surface area contributed by atoms with Gasteiger partial charge in [0, 0.05) is 18.3 Å². The average molecular weight is 297 g/mol. The van der Waals surface area contributed by atoms with Crippen LogP contribution >= 0.6 is 0 Å². The minimum absolute atomic E-state index is 0.260. The van der Waals surface area contributed by atoms with Crippen molar-refractivity contribution in [3.8, 4) is 0 Å². The lowest BCUT2D eigenvalue weighted by molar-refractivity contribution is -0.108. The van der Waals surface area contributed by atoms with Gasteiger partial charge in [0.2, 0.25) is 0 Å². The Kier molecular flexibility index (Phi) is 3.87. The number of halogens is 1. The number of rotatable bonds is 4. The molecule has 22 heavy (non-hydrogen) atoms. The molecule has 0 saturated carbocycles. The smallest absolute Gasteiger partial charge is 0.148 e. The van der Waals surface area contributed by atoms with Crippen molar-refractivity contribution in [1.29, 1.82) is 0 Å². The summed E-state index contributed by atoms with van der Waals surface area (Å²) in [5.41, 5.74) is 5.44. The second-order valence-electron chi connectivity index (χ2n) is 5.17. The van der Waals surface area contributed by atoms with E-state index < -0.39 is 6.04 Å². The SMILES string of the molecule is CC1=C(Cc2ccccc2F)C(C=O)N(c2ccccn2)N1. The zero-order valence-electron chi connectivity index (χ0n) is 12.2. The third-order valence-electron chi connectivity index (χ3n) is 3.77. The predicted molar refractivity (Wildman–Crippen MR) is 82.5 cm³/mol. The van der Waals surface area contributed by atoms with Crippen molar-refractivity contribution < 1.29 is 9.18 Å². The van der Waals surface area contributed by atoms with E-state index in [-0.39, 0.29) is 5.82 Å². The molecule has 0 saturated heterocycles. The lowest BCUT2D eigenvalue weighted by Gasteiger charge is -2.23. The van der Waals surface area contributed by atoms with E-state index in [0.29, 0.717) is 17.8 Å². The van der Waals surface area contributed by atoms with Crippen LogP contribution in [0, 0.1) is 5.82 Å². The van der Waals surface area contributed by atoms with E-state index in [0.717, 1.165) is 17.6 Å². The van der Waals surface area contributed by atoms with E-state index in [1.165, 1.54) is 6.07 Å². The van der Waals surface area contributed by atoms with Crippen LogP contribution in [0.4, 0.5) is 10.2 Å². The van der Waals surface area contributed by atoms with Gasteiger partial charge in [-0.2, -0.15) is 0 Å². The van der Waals surface area contributed by atoms with Gasteiger partial charge < -0.3 is 10.2 Å². The zero-order valence-corrected chi connectivity index (χ0v) is 12.2. The van der Waals surface area contributed by atoms with Crippen LogP contribution in [0.1, 0.15) is 12.5 Å². The fourth-order valence-electron chi connectivity index (χ4n) is 2.62. The van der Waals surface area contributed by atoms with Crippen molar-refractivity contribution in [3.63, 3.8) is 0 Å². The number of hydrazine groups is 1. The van der Waals surface area contributed by atoms with Crippen molar-refractivity contribution in [1.82, 2.24) is 10.4 Å². The lowest BCUT2D eigenvalue weighted by Crippen LogP contribution is -2.41. The van der Waals surface area contributed by atoms with E-state index >= 15 is 0 Å². The molecule has 0 bridgehead atoms. The maximum Gasteiger partial charge on any atom is 0.148 e. The molecular formula is C17H16FN3O. The van der Waals surface area contributed by atoms with Crippen molar-refractivity contribution >= 4 is 12.1 Å². The monoisotopic (exact) mass is 297 g/mol. The second-order valence-corrected chi connectivity index (χ2v) is 5.17. The zero-order chi connectivity index (χ0) is 15.5. The van der Waals surface area contributed by atoms with E-state index in [9.17, 15) is 9.18 Å². The summed E-state index contributed by atoms with van der Waals surface area (Å²) < 4.78 is 13.9. The Bertz CT molecular complexity index is 715. The number of aromatic nitrogens is 1. The minimum Gasteiger partial charge on any atom is -0.301 e. The van der Waals surface area contributed by atoms with Gasteiger partial charge in [-0.3, -0.25) is 5.01 Å². The fourth-order valence-corrected chi connectivity index (χ4v) is 2.62. The maximum atomic E-state index is 13.9. The molecule has 1 N–H and O–H groups in total. The Morgan fingerprint density at radius 3 is 2.73 bits per heavy atom. The molecule has 112 valence electrons. The predicted octanol–water partition coefficient (Wildman–Crippen LogP) is 2.63. The van der Waals surface area contributed by atoms with E-state index in [1.54, 1.807) is 29.4 Å². The highest BCUT2D eigenvalue weighted by atomic mass is 19.1. The quantitative estimate of drug-likeness (QED) is 0.881. The highest BCUT2D eigenvalue weighted by Gasteiger charge is 2.31. The lowest BCUT2D eigenvalue weighted by atomic mass is 9.98. The Balaban J connectivity index is 1.89. The number of hydrogen-bond acceptors (Lipinski definition) is 4. The third kappa shape index (κ3) is 2.57. The number of allylic oxidation sites excluding steroid dienone is 1. The Morgan fingerprint density at radius 2 is 2.05 bits per heavy atom. The van der Waals surface area contributed by atoms with E-state index in [2.05, 4.69) is 10.4 Å². The van der Waals surface area contributed by atoms with Crippen LogP contribution in [0.2, 0.25) is 0 Å². The van der Waals surface area contributed by atoms with Gasteiger partial charge >= 0.3 is 0 Å². The molecule has 5 heteroatoms. The number of hydrogen-bond donors (Lipinski definition) is 1. The number of nitrogens with zero attached hydrogens (tertiary/aromatic N) is 2. The maximum absolute atomic E-state index is 13.9. The van der Waals surface area contributed by atoms with Crippen LogP contribution < -0.4 is 10.4 Å². The molecule has 0 radical (unpaired) electrons. The van der Waals surface area contributed by atoms with Gasteiger partial charge in [0.05, 0.1) is 0 Å². The summed E-state index contributed by atoms with van der Waals surface area (Å²) >= 11 is 0. The van der Waals surface area contributed by atoms with Crippen molar-refractivity contribution in [3.05, 3.63) is 71.3 Å². The minimum atomic E-state index is -0.491. The van der Waals surface area contributed by atoms with Crippen LogP contribution in [0.3, 0.4) is 0 Å². The van der Waals surface area contributed by atoms with Crippen LogP contribution in [0.15, 0.2) is 59.9 Å². The molecular weight excluding hydrogens is 281 g/mol.